The van der Waals surface area contributed by atoms with Gasteiger partial charge in [0.15, 0.2) is 0 Å². The molecule has 0 atom stereocenters. The molecule has 0 spiro atoms. The Kier molecular flexibility index (Phi) is 5.30. The summed E-state index contributed by atoms with van der Waals surface area (Å²) in [6.07, 6.45) is 7.36. The van der Waals surface area contributed by atoms with E-state index in [2.05, 4.69) is 21.8 Å². The highest BCUT2D eigenvalue weighted by molar-refractivity contribution is 6.32. The zero-order valence-electron chi connectivity index (χ0n) is 13.6. The number of carbonyl (C=O) groups excluding carboxylic acids is 1. The number of hydrogen-bond acceptors (Lipinski definition) is 5. The second-order valence-electron chi connectivity index (χ2n) is 5.86. The van der Waals surface area contributed by atoms with E-state index >= 15 is 0 Å². The van der Waals surface area contributed by atoms with Gasteiger partial charge in [-0.1, -0.05) is 18.5 Å². The zero-order valence-corrected chi connectivity index (χ0v) is 14.4. The van der Waals surface area contributed by atoms with Crippen LogP contribution in [0.15, 0.2) is 30.6 Å². The van der Waals surface area contributed by atoms with Crippen LogP contribution in [0.4, 0.5) is 5.95 Å². The normalized spacial score (nSPS) is 15.3. The van der Waals surface area contributed by atoms with E-state index < -0.39 is 0 Å². The number of ether oxygens (including phenoxy) is 1. The molecule has 0 radical (unpaired) electrons. The Morgan fingerprint density at radius 1 is 1.29 bits per heavy atom. The summed E-state index contributed by atoms with van der Waals surface area (Å²) >= 11 is 6.17. The summed E-state index contributed by atoms with van der Waals surface area (Å²) in [6, 6.07) is 5.10. The predicted octanol–water partition coefficient (Wildman–Crippen LogP) is 3.55. The third-order valence-electron chi connectivity index (χ3n) is 4.21. The fourth-order valence-electron chi connectivity index (χ4n) is 2.73. The number of piperidine rings is 1. The van der Waals surface area contributed by atoms with Gasteiger partial charge in [-0.15, -0.1) is 0 Å². The third kappa shape index (κ3) is 3.85. The van der Waals surface area contributed by atoms with E-state index in [1.165, 1.54) is 0 Å². The molecular formula is C18H20ClN3O2. The van der Waals surface area contributed by atoms with E-state index in [1.54, 1.807) is 18.2 Å². The lowest BCUT2D eigenvalue weighted by atomic mass is 10.1. The van der Waals surface area contributed by atoms with Crippen LogP contribution in [0.1, 0.15) is 35.7 Å². The van der Waals surface area contributed by atoms with Crippen LogP contribution in [0, 0.1) is 0 Å². The molecule has 24 heavy (non-hydrogen) atoms. The largest absolute Gasteiger partial charge is 0.489 e. The Morgan fingerprint density at radius 3 is 2.58 bits per heavy atom. The molecule has 0 bridgehead atoms. The number of benzene rings is 1. The highest BCUT2D eigenvalue weighted by Crippen LogP contribution is 2.28. The lowest BCUT2D eigenvalue weighted by molar-refractivity contribution is 0.112. The van der Waals surface area contributed by atoms with Crippen LogP contribution in [0.5, 0.6) is 5.75 Å². The summed E-state index contributed by atoms with van der Waals surface area (Å²) in [4.78, 5) is 21.8. The molecule has 0 N–H and O–H groups in total. The van der Waals surface area contributed by atoms with E-state index in [0.29, 0.717) is 16.3 Å². The van der Waals surface area contributed by atoms with Crippen LogP contribution in [-0.4, -0.2) is 35.4 Å². The summed E-state index contributed by atoms with van der Waals surface area (Å²) in [5.74, 6) is 1.41. The smallest absolute Gasteiger partial charge is 0.225 e. The first-order valence-corrected chi connectivity index (χ1v) is 8.54. The van der Waals surface area contributed by atoms with Crippen molar-refractivity contribution < 1.29 is 9.53 Å². The fourth-order valence-corrected chi connectivity index (χ4v) is 2.97. The topological polar surface area (TPSA) is 55.3 Å². The molecule has 1 aliphatic heterocycles. The van der Waals surface area contributed by atoms with Gasteiger partial charge in [-0.25, -0.2) is 9.97 Å². The van der Waals surface area contributed by atoms with Gasteiger partial charge < -0.3 is 9.64 Å². The van der Waals surface area contributed by atoms with Crippen LogP contribution in [0.3, 0.4) is 0 Å². The van der Waals surface area contributed by atoms with E-state index in [1.807, 2.05) is 12.4 Å². The van der Waals surface area contributed by atoms with Crippen LogP contribution in [0.2, 0.25) is 5.02 Å². The summed E-state index contributed by atoms with van der Waals surface area (Å²) in [5.41, 5.74) is 1.69. The Morgan fingerprint density at radius 2 is 2.00 bits per heavy atom. The van der Waals surface area contributed by atoms with E-state index in [4.69, 9.17) is 16.3 Å². The zero-order chi connectivity index (χ0) is 16.9. The Hall–Kier alpha value is -2.14. The van der Waals surface area contributed by atoms with Gasteiger partial charge in [-0.2, -0.15) is 0 Å². The summed E-state index contributed by atoms with van der Waals surface area (Å²) < 4.78 is 5.99. The number of rotatable bonds is 5. The number of halogens is 1. The number of anilines is 1. The second kappa shape index (κ2) is 7.62. The number of aldehydes is 1. The van der Waals surface area contributed by atoms with Crippen molar-refractivity contribution in [2.24, 2.45) is 0 Å². The molecule has 1 aromatic heterocycles. The fraction of sp³-hybridized carbons (Fsp3) is 0.389. The average molecular weight is 346 g/mol. The molecule has 1 saturated heterocycles. The van der Waals surface area contributed by atoms with Gasteiger partial charge in [0.25, 0.3) is 0 Å². The van der Waals surface area contributed by atoms with Crippen molar-refractivity contribution in [2.75, 3.05) is 18.0 Å². The molecular weight excluding hydrogens is 326 g/mol. The first-order chi connectivity index (χ1) is 11.7. The van der Waals surface area contributed by atoms with Gasteiger partial charge in [0.1, 0.15) is 18.1 Å². The Balaban J connectivity index is 1.57. The van der Waals surface area contributed by atoms with E-state index in [9.17, 15) is 4.79 Å². The minimum Gasteiger partial charge on any atom is -0.489 e. The van der Waals surface area contributed by atoms with Gasteiger partial charge in [-0.05, 0) is 30.2 Å². The first-order valence-electron chi connectivity index (χ1n) is 8.17. The maximum Gasteiger partial charge on any atom is 0.225 e. The number of hydrogen-bond donors (Lipinski definition) is 0. The number of aryl methyl sites for hydroxylation is 1. The minimum atomic E-state index is 0.107. The van der Waals surface area contributed by atoms with Gasteiger partial charge in [0, 0.05) is 43.9 Å². The Bertz CT molecular complexity index is 698. The molecule has 2 heterocycles. The monoisotopic (exact) mass is 345 g/mol. The maximum absolute atomic E-state index is 10.8. The van der Waals surface area contributed by atoms with Gasteiger partial charge in [-0.3, -0.25) is 4.79 Å². The predicted molar refractivity (Wildman–Crippen MR) is 94.1 cm³/mol. The summed E-state index contributed by atoms with van der Waals surface area (Å²) in [6.45, 7) is 3.79. The third-order valence-corrected chi connectivity index (χ3v) is 4.51. The highest BCUT2D eigenvalue weighted by atomic mass is 35.5. The molecule has 0 aliphatic carbocycles. The molecule has 126 valence electrons. The standard InChI is InChI=1S/C18H20ClN3O2/c1-2-13-10-20-18(21-11-13)22-7-5-15(6-8-22)24-17-4-3-14(12-23)9-16(17)19/h3-4,9-12,15H,2,5-8H2,1H3. The van der Waals surface area contributed by atoms with Crippen LogP contribution in [0.25, 0.3) is 0 Å². The lowest BCUT2D eigenvalue weighted by Crippen LogP contribution is -2.39. The molecule has 3 rings (SSSR count). The SMILES string of the molecule is CCc1cnc(N2CCC(Oc3ccc(C=O)cc3Cl)CC2)nc1. The summed E-state index contributed by atoms with van der Waals surface area (Å²) in [7, 11) is 0. The van der Waals surface area contributed by atoms with Gasteiger partial charge in [0.05, 0.1) is 5.02 Å². The molecule has 0 amide bonds. The van der Waals surface area contributed by atoms with Gasteiger partial charge >= 0.3 is 0 Å². The molecule has 2 aromatic rings. The van der Waals surface area contributed by atoms with Crippen molar-refractivity contribution in [2.45, 2.75) is 32.3 Å². The van der Waals surface area contributed by atoms with E-state index in [0.717, 1.165) is 50.1 Å². The second-order valence-corrected chi connectivity index (χ2v) is 6.26. The molecule has 1 fully saturated rings. The number of aromatic nitrogens is 2. The van der Waals surface area contributed by atoms with Crippen molar-refractivity contribution in [3.8, 4) is 5.75 Å². The lowest BCUT2D eigenvalue weighted by Gasteiger charge is -2.32. The molecule has 0 saturated carbocycles. The minimum absolute atomic E-state index is 0.107. The van der Waals surface area contributed by atoms with E-state index in [-0.39, 0.29) is 6.10 Å². The Labute approximate surface area is 146 Å². The average Bonchev–Trinajstić information content (AvgIpc) is 2.64. The molecule has 0 unspecified atom stereocenters. The van der Waals surface area contributed by atoms with Crippen LogP contribution in [-0.2, 0) is 6.42 Å². The maximum atomic E-state index is 10.8. The first kappa shape index (κ1) is 16.7. The van der Waals surface area contributed by atoms with Crippen LogP contribution < -0.4 is 9.64 Å². The van der Waals surface area contributed by atoms with Crippen LogP contribution >= 0.6 is 11.6 Å². The van der Waals surface area contributed by atoms with Crippen molar-refractivity contribution in [1.82, 2.24) is 9.97 Å². The van der Waals surface area contributed by atoms with Crippen molar-refractivity contribution in [3.63, 3.8) is 0 Å². The van der Waals surface area contributed by atoms with Gasteiger partial charge in [0.2, 0.25) is 5.95 Å². The molecule has 1 aromatic carbocycles. The number of carbonyl (C=O) groups is 1. The molecule has 1 aliphatic rings. The summed E-state index contributed by atoms with van der Waals surface area (Å²) in [5, 5.41) is 0.473. The highest BCUT2D eigenvalue weighted by Gasteiger charge is 2.22. The molecule has 5 nitrogen and oxygen atoms in total. The van der Waals surface area contributed by atoms with Crippen molar-refractivity contribution in [1.29, 1.82) is 0 Å². The van der Waals surface area contributed by atoms with Crippen molar-refractivity contribution >= 4 is 23.8 Å². The molecule has 6 heteroatoms. The quantitative estimate of drug-likeness (QED) is 0.776. The van der Waals surface area contributed by atoms with Crippen molar-refractivity contribution in [3.05, 3.63) is 46.7 Å². The number of nitrogens with zero attached hydrogens (tertiary/aromatic N) is 3.